The number of halogens is 1. The molecule has 7 rings (SSSR count). The van der Waals surface area contributed by atoms with Gasteiger partial charge in [0.25, 0.3) is 5.91 Å². The molecule has 4 aliphatic heterocycles. The molecule has 0 bridgehead atoms. The van der Waals surface area contributed by atoms with Crippen molar-refractivity contribution in [2.75, 3.05) is 111 Å². The van der Waals surface area contributed by atoms with Crippen LogP contribution in [0.2, 0.25) is 0 Å². The van der Waals surface area contributed by atoms with Crippen molar-refractivity contribution < 1.29 is 47.3 Å². The largest absolute Gasteiger partial charge is 0.382 e. The number of ether oxygens (including phenoxy) is 4. The highest BCUT2D eigenvalue weighted by atomic mass is 32.2. The SMILES string of the molecule is CCCOCCOCCC(=O)NCCCc1cc(C(=O)N2CCN(Cc3ccc(F)cc3)CC2)cnc1C(=O)CC1CCN(Cc2ccc(C#N)cc2)CC1.COCCOCCNC(=O)CCCC[C@@H]1SCC2NC(=O)NC21. The Morgan fingerprint density at radius 1 is 0.782 bits per heavy atom. The highest BCUT2D eigenvalue weighted by molar-refractivity contribution is 8.00. The smallest absolute Gasteiger partial charge is 0.315 e. The number of Topliss-reactive ketones (excluding diaryl/α,β-unsaturated/α-hetero) is 1. The van der Waals surface area contributed by atoms with E-state index in [-0.39, 0.29) is 59.8 Å². The first kappa shape index (κ1) is 61.7. The lowest BCUT2D eigenvalue weighted by molar-refractivity contribution is -0.122. The molecule has 18 nitrogen and oxygen atoms in total. The van der Waals surface area contributed by atoms with Crippen LogP contribution in [0.25, 0.3) is 0 Å². The number of fused-ring (bicyclic) bond motifs is 1. The van der Waals surface area contributed by atoms with Gasteiger partial charge in [0, 0.05) is 103 Å². The summed E-state index contributed by atoms with van der Waals surface area (Å²) in [4.78, 5) is 74.0. The van der Waals surface area contributed by atoms with E-state index in [0.717, 1.165) is 75.0 Å². The maximum absolute atomic E-state index is 13.8. The summed E-state index contributed by atoms with van der Waals surface area (Å²) in [5.41, 5.74) is 4.44. The number of carbonyl (C=O) groups excluding carboxylic acids is 5. The van der Waals surface area contributed by atoms with Crippen LogP contribution >= 0.6 is 11.8 Å². The normalized spacial score (nSPS) is 18.5. The third-order valence-electron chi connectivity index (χ3n) is 14.3. The van der Waals surface area contributed by atoms with Crippen LogP contribution in [-0.4, -0.2) is 178 Å². The monoisotopic (exact) mass is 1100 g/mol. The number of piperidine rings is 1. The lowest BCUT2D eigenvalue weighted by Gasteiger charge is -2.34. The lowest BCUT2D eigenvalue weighted by Crippen LogP contribution is -2.48. The van der Waals surface area contributed by atoms with Gasteiger partial charge in [0.1, 0.15) is 11.5 Å². The predicted molar refractivity (Wildman–Crippen MR) is 297 cm³/mol. The van der Waals surface area contributed by atoms with Crippen molar-refractivity contribution in [3.05, 3.63) is 100 Å². The molecule has 5 amide bonds. The van der Waals surface area contributed by atoms with Crippen LogP contribution in [0.5, 0.6) is 0 Å². The van der Waals surface area contributed by atoms with Gasteiger partial charge in [0.2, 0.25) is 11.8 Å². The van der Waals surface area contributed by atoms with Gasteiger partial charge >= 0.3 is 6.03 Å². The Balaban J connectivity index is 0.000000356. The van der Waals surface area contributed by atoms with E-state index in [2.05, 4.69) is 42.1 Å². The fraction of sp³-hybridized carbons (Fsp3) is 0.603. The van der Waals surface area contributed by atoms with E-state index < -0.39 is 0 Å². The molecule has 78 heavy (non-hydrogen) atoms. The Morgan fingerprint density at radius 3 is 2.14 bits per heavy atom. The maximum atomic E-state index is 13.8. The minimum atomic E-state index is -0.257. The Hall–Kier alpha value is -5.53. The Morgan fingerprint density at radius 2 is 1.44 bits per heavy atom. The van der Waals surface area contributed by atoms with Crippen molar-refractivity contribution in [1.29, 1.82) is 5.26 Å². The van der Waals surface area contributed by atoms with Crippen LogP contribution in [0.3, 0.4) is 0 Å². The van der Waals surface area contributed by atoms with E-state index in [1.54, 1.807) is 25.4 Å². The number of ketones is 1. The Labute approximate surface area is 464 Å². The number of nitriles is 1. The summed E-state index contributed by atoms with van der Waals surface area (Å²) in [6.45, 7) is 12.4. The molecule has 2 unspecified atom stereocenters. The molecule has 1 aromatic heterocycles. The van der Waals surface area contributed by atoms with Gasteiger partial charge in [-0.05, 0) is 111 Å². The van der Waals surface area contributed by atoms with Gasteiger partial charge in [-0.15, -0.1) is 0 Å². The number of carbonyl (C=O) groups is 5. The maximum Gasteiger partial charge on any atom is 0.315 e. The molecule has 4 saturated heterocycles. The van der Waals surface area contributed by atoms with Crippen LogP contribution in [0.1, 0.15) is 114 Å². The average Bonchev–Trinajstić information content (AvgIpc) is 4.03. The van der Waals surface area contributed by atoms with E-state index in [1.807, 2.05) is 53.9 Å². The van der Waals surface area contributed by atoms with E-state index in [9.17, 15) is 28.4 Å². The summed E-state index contributed by atoms with van der Waals surface area (Å²) in [6, 6.07) is 18.7. The van der Waals surface area contributed by atoms with Gasteiger partial charge in [0.15, 0.2) is 5.78 Å². The molecule has 4 aliphatic rings. The first-order valence-electron chi connectivity index (χ1n) is 28.0. The van der Waals surface area contributed by atoms with Crippen molar-refractivity contribution in [2.45, 2.75) is 108 Å². The second-order valence-corrected chi connectivity index (χ2v) is 21.6. The van der Waals surface area contributed by atoms with Crippen LogP contribution in [0.15, 0.2) is 60.8 Å². The fourth-order valence-corrected chi connectivity index (χ4v) is 11.5. The molecule has 0 aliphatic carbocycles. The molecule has 4 N–H and O–H groups in total. The van der Waals surface area contributed by atoms with Crippen molar-refractivity contribution in [3.8, 4) is 6.07 Å². The quantitative estimate of drug-likeness (QED) is 0.0335. The standard InChI is InChI=1S/C43H55FN6O5.C15H27N3O4S/c1-2-23-54-25-26-55-24-15-41(52)46-16-3-4-37-28-38(43(53)50-21-19-49(20-22-50)32-36-9-11-39(44)12-10-36)30-47-42(37)40(51)27-33-13-17-48(18-14-33)31-35-7-5-34(29-45)6-8-35;1-21-8-9-22-7-6-16-13(19)5-3-2-4-12-14-11(10-23-12)17-15(20)18-14/h5-12,28,30,33H,2-4,13-27,31-32H2,1H3,(H,46,52);11-12,14H,2-10H2,1H3,(H,16,19)(H2,17,18,20)/t;11?,12-,14?/m.0/s1. The van der Waals surface area contributed by atoms with Crippen LogP contribution in [0.4, 0.5) is 9.18 Å². The molecule has 426 valence electrons. The average molecular weight is 1100 g/mol. The number of nitrogens with zero attached hydrogens (tertiary/aromatic N) is 5. The van der Waals surface area contributed by atoms with Crippen LogP contribution in [0, 0.1) is 23.1 Å². The fourth-order valence-electron chi connectivity index (χ4n) is 9.95. The number of aryl methyl sites for hydroxylation is 1. The Kier molecular flexibility index (Phi) is 27.3. The molecule has 20 heteroatoms. The summed E-state index contributed by atoms with van der Waals surface area (Å²) in [7, 11) is 1.63. The minimum Gasteiger partial charge on any atom is -0.382 e. The van der Waals surface area contributed by atoms with E-state index in [4.69, 9.17) is 24.2 Å². The number of amides is 5. The van der Waals surface area contributed by atoms with E-state index in [1.165, 1.54) is 17.7 Å². The molecule has 0 spiro atoms. The second kappa shape index (κ2) is 34.5. The molecular weight excluding hydrogens is 1020 g/mol. The second-order valence-electron chi connectivity index (χ2n) is 20.3. The zero-order valence-corrected chi connectivity index (χ0v) is 46.6. The van der Waals surface area contributed by atoms with Gasteiger partial charge in [-0.25, -0.2) is 9.18 Å². The van der Waals surface area contributed by atoms with E-state index in [0.29, 0.717) is 140 Å². The number of urea groups is 1. The summed E-state index contributed by atoms with van der Waals surface area (Å²) >= 11 is 1.91. The summed E-state index contributed by atoms with van der Waals surface area (Å²) in [6.07, 6.45) is 9.53. The molecule has 4 fully saturated rings. The summed E-state index contributed by atoms with van der Waals surface area (Å²) in [5.74, 6) is 0.817. The molecule has 0 radical (unpaired) electrons. The lowest BCUT2D eigenvalue weighted by atomic mass is 9.89. The van der Waals surface area contributed by atoms with Gasteiger partial charge in [-0.1, -0.05) is 37.6 Å². The number of rotatable bonds is 31. The van der Waals surface area contributed by atoms with Crippen molar-refractivity contribution in [1.82, 2.24) is 41.0 Å². The highest BCUT2D eigenvalue weighted by Crippen LogP contribution is 2.33. The zero-order valence-electron chi connectivity index (χ0n) is 45.8. The molecule has 2 aromatic carbocycles. The van der Waals surface area contributed by atoms with E-state index >= 15 is 0 Å². The number of benzene rings is 2. The topological polar surface area (TPSA) is 217 Å². The first-order chi connectivity index (χ1) is 38.0. The Bertz CT molecular complexity index is 2360. The third-order valence-corrected chi connectivity index (χ3v) is 15.9. The molecule has 3 atom stereocenters. The molecular formula is C58H82FN9O9S. The zero-order chi connectivity index (χ0) is 55.3. The number of pyridine rings is 1. The number of thioether (sulfide) groups is 1. The summed E-state index contributed by atoms with van der Waals surface area (Å²) in [5, 5.41) is 21.3. The van der Waals surface area contributed by atoms with Gasteiger partial charge in [0.05, 0.1) is 68.9 Å². The predicted octanol–water partition coefficient (Wildman–Crippen LogP) is 5.91. The van der Waals surface area contributed by atoms with Gasteiger partial charge < -0.3 is 45.1 Å². The molecule has 3 aromatic rings. The number of hydrogen-bond donors (Lipinski definition) is 4. The number of aromatic nitrogens is 1. The van der Waals surface area contributed by atoms with Crippen molar-refractivity contribution >= 4 is 41.3 Å². The number of piperazine rings is 1. The number of hydrogen-bond acceptors (Lipinski definition) is 14. The highest BCUT2D eigenvalue weighted by Gasteiger charge is 2.42. The molecule has 5 heterocycles. The first-order valence-corrected chi connectivity index (χ1v) is 29.0. The number of nitrogens with one attached hydrogen (secondary N) is 4. The van der Waals surface area contributed by atoms with Crippen LogP contribution in [-0.2, 0) is 48.0 Å². The van der Waals surface area contributed by atoms with Crippen molar-refractivity contribution in [3.63, 3.8) is 0 Å². The third kappa shape index (κ3) is 21.6. The summed E-state index contributed by atoms with van der Waals surface area (Å²) < 4.78 is 34.4. The van der Waals surface area contributed by atoms with Gasteiger partial charge in [-0.2, -0.15) is 17.0 Å². The minimum absolute atomic E-state index is 0.0157. The van der Waals surface area contributed by atoms with Crippen LogP contribution < -0.4 is 21.3 Å². The molecule has 0 saturated carbocycles. The number of unbranched alkanes of at least 4 members (excludes halogenated alkanes) is 1. The van der Waals surface area contributed by atoms with Crippen molar-refractivity contribution in [2.24, 2.45) is 5.92 Å². The number of likely N-dealkylation sites (tertiary alicyclic amines) is 1. The van der Waals surface area contributed by atoms with Gasteiger partial charge in [-0.3, -0.25) is 34.0 Å². The number of methoxy groups -OCH3 is 1.